The summed E-state index contributed by atoms with van der Waals surface area (Å²) in [5, 5.41) is 5.60. The molecule has 5 aromatic rings. The molecule has 0 bridgehead atoms. The summed E-state index contributed by atoms with van der Waals surface area (Å²) < 4.78 is 39.2. The van der Waals surface area contributed by atoms with Crippen molar-refractivity contribution < 1.29 is 18.0 Å². The standard InChI is InChI=1S/C25H18F3N5OS/c26-25(27,28)24-31-19-9-8-16(11-20(19)32-24)22(15-5-2-1-3-6-15)33-21(34)12-18-14-35-23(30-18)17-7-4-10-29-13-17/h1-11,13-14,22H,12H2,(H,31,32)(H,33,34). The van der Waals surface area contributed by atoms with E-state index >= 15 is 0 Å². The van der Waals surface area contributed by atoms with Gasteiger partial charge in [0, 0.05) is 23.3 Å². The van der Waals surface area contributed by atoms with E-state index in [1.165, 1.54) is 17.4 Å². The number of carbonyl (C=O) groups excluding carboxylic acids is 1. The van der Waals surface area contributed by atoms with Gasteiger partial charge in [0.15, 0.2) is 0 Å². The molecule has 10 heteroatoms. The second-order valence-corrected chi connectivity index (χ2v) is 8.69. The second kappa shape index (κ2) is 9.30. The van der Waals surface area contributed by atoms with Gasteiger partial charge in [0.2, 0.25) is 11.7 Å². The molecule has 1 amide bonds. The molecule has 1 unspecified atom stereocenters. The molecular formula is C25H18F3N5OS. The predicted octanol–water partition coefficient (Wildman–Crippen LogP) is 5.55. The Balaban J connectivity index is 1.40. The number of hydrogen-bond acceptors (Lipinski definition) is 5. The Labute approximate surface area is 201 Å². The largest absolute Gasteiger partial charge is 0.449 e. The first-order chi connectivity index (χ1) is 16.9. The lowest BCUT2D eigenvalue weighted by Crippen LogP contribution is -2.30. The SMILES string of the molecule is O=C(Cc1csc(-c2cccnc2)n1)NC(c1ccccc1)c1ccc2nc(C(F)(F)F)[nH]c2c1. The van der Waals surface area contributed by atoms with E-state index in [4.69, 9.17) is 0 Å². The number of nitrogens with zero attached hydrogens (tertiary/aromatic N) is 3. The zero-order valence-electron chi connectivity index (χ0n) is 18.1. The lowest BCUT2D eigenvalue weighted by molar-refractivity contribution is -0.144. The quantitative estimate of drug-likeness (QED) is 0.325. The van der Waals surface area contributed by atoms with Crippen LogP contribution in [0.4, 0.5) is 13.2 Å². The van der Waals surface area contributed by atoms with E-state index in [1.54, 1.807) is 24.5 Å². The molecule has 2 N–H and O–H groups in total. The van der Waals surface area contributed by atoms with Crippen LogP contribution in [0, 0.1) is 0 Å². The minimum Gasteiger partial charge on any atom is -0.345 e. The highest BCUT2D eigenvalue weighted by Gasteiger charge is 2.34. The molecular weight excluding hydrogens is 475 g/mol. The number of imidazole rings is 1. The van der Waals surface area contributed by atoms with Crippen molar-refractivity contribution in [2.45, 2.75) is 18.6 Å². The third kappa shape index (κ3) is 5.07. The molecule has 35 heavy (non-hydrogen) atoms. The Morgan fingerprint density at radius 3 is 2.60 bits per heavy atom. The molecule has 6 nitrogen and oxygen atoms in total. The maximum Gasteiger partial charge on any atom is 0.449 e. The van der Waals surface area contributed by atoms with Crippen LogP contribution in [-0.2, 0) is 17.4 Å². The van der Waals surface area contributed by atoms with Crippen LogP contribution in [0.15, 0.2) is 78.4 Å². The summed E-state index contributed by atoms with van der Waals surface area (Å²) in [5.74, 6) is -1.32. The topological polar surface area (TPSA) is 83.6 Å². The van der Waals surface area contributed by atoms with Crippen molar-refractivity contribution in [3.8, 4) is 10.6 Å². The zero-order chi connectivity index (χ0) is 24.4. The summed E-state index contributed by atoms with van der Waals surface area (Å²) in [4.78, 5) is 27.6. The highest BCUT2D eigenvalue weighted by atomic mass is 32.1. The average Bonchev–Trinajstić information content (AvgIpc) is 3.50. The van der Waals surface area contributed by atoms with Gasteiger partial charge >= 0.3 is 6.18 Å². The maximum atomic E-state index is 13.1. The number of aromatic amines is 1. The summed E-state index contributed by atoms with van der Waals surface area (Å²) in [6.07, 6.45) is -1.12. The van der Waals surface area contributed by atoms with Crippen molar-refractivity contribution in [1.82, 2.24) is 25.3 Å². The molecule has 0 spiro atoms. The first kappa shape index (κ1) is 22.7. The van der Waals surface area contributed by atoms with Gasteiger partial charge in [-0.2, -0.15) is 13.2 Å². The molecule has 0 aliphatic carbocycles. The fraction of sp³-hybridized carbons (Fsp3) is 0.120. The Hall–Kier alpha value is -4.05. The molecule has 0 fully saturated rings. The van der Waals surface area contributed by atoms with E-state index in [-0.39, 0.29) is 23.4 Å². The van der Waals surface area contributed by atoms with Gasteiger partial charge in [-0.15, -0.1) is 11.3 Å². The van der Waals surface area contributed by atoms with Gasteiger partial charge in [0.05, 0.1) is 29.2 Å². The number of thiazole rings is 1. The van der Waals surface area contributed by atoms with Crippen LogP contribution >= 0.6 is 11.3 Å². The first-order valence-corrected chi connectivity index (χ1v) is 11.5. The number of pyridine rings is 1. The highest BCUT2D eigenvalue weighted by molar-refractivity contribution is 7.13. The van der Waals surface area contributed by atoms with Crippen molar-refractivity contribution in [2.24, 2.45) is 0 Å². The number of carbonyl (C=O) groups is 1. The van der Waals surface area contributed by atoms with Crippen molar-refractivity contribution in [2.75, 3.05) is 0 Å². The van der Waals surface area contributed by atoms with Gasteiger partial charge in [0.1, 0.15) is 5.01 Å². The summed E-state index contributed by atoms with van der Waals surface area (Å²) in [6, 6.07) is 17.2. The van der Waals surface area contributed by atoms with Crippen molar-refractivity contribution >= 4 is 28.3 Å². The minimum absolute atomic E-state index is 0.0601. The number of nitrogens with one attached hydrogen (secondary N) is 2. The zero-order valence-corrected chi connectivity index (χ0v) is 18.9. The maximum absolute atomic E-state index is 13.1. The van der Waals surface area contributed by atoms with Crippen LogP contribution < -0.4 is 5.32 Å². The van der Waals surface area contributed by atoms with Gasteiger partial charge in [-0.3, -0.25) is 9.78 Å². The van der Waals surface area contributed by atoms with Crippen LogP contribution in [0.2, 0.25) is 0 Å². The number of benzene rings is 2. The molecule has 0 aliphatic heterocycles. The first-order valence-electron chi connectivity index (χ1n) is 10.6. The van der Waals surface area contributed by atoms with E-state index < -0.39 is 18.0 Å². The van der Waals surface area contributed by atoms with Crippen molar-refractivity contribution in [1.29, 1.82) is 0 Å². The van der Waals surface area contributed by atoms with Crippen molar-refractivity contribution in [3.05, 3.63) is 101 Å². The highest BCUT2D eigenvalue weighted by Crippen LogP contribution is 2.31. The third-order valence-corrected chi connectivity index (χ3v) is 6.29. The molecule has 0 aliphatic rings. The summed E-state index contributed by atoms with van der Waals surface area (Å²) >= 11 is 1.43. The number of halogens is 3. The Kier molecular flexibility index (Phi) is 6.04. The molecule has 176 valence electrons. The number of H-pyrrole nitrogens is 1. The molecule has 0 saturated carbocycles. The Morgan fingerprint density at radius 1 is 1.03 bits per heavy atom. The molecule has 2 aromatic carbocycles. The molecule has 0 radical (unpaired) electrons. The number of fused-ring (bicyclic) bond motifs is 1. The van der Waals surface area contributed by atoms with E-state index in [0.29, 0.717) is 11.3 Å². The fourth-order valence-electron chi connectivity index (χ4n) is 3.73. The number of hydrogen-bond donors (Lipinski definition) is 2. The van der Waals surface area contributed by atoms with Crippen molar-refractivity contribution in [3.63, 3.8) is 0 Å². The molecule has 3 aromatic heterocycles. The number of amides is 1. The summed E-state index contributed by atoms with van der Waals surface area (Å²) in [7, 11) is 0. The molecule has 1 atom stereocenters. The predicted molar refractivity (Wildman–Crippen MR) is 127 cm³/mol. The average molecular weight is 494 g/mol. The van der Waals surface area contributed by atoms with Crippen LogP contribution in [0.5, 0.6) is 0 Å². The Morgan fingerprint density at radius 2 is 1.86 bits per heavy atom. The smallest absolute Gasteiger partial charge is 0.345 e. The van der Waals surface area contributed by atoms with Gasteiger partial charge < -0.3 is 10.3 Å². The van der Waals surface area contributed by atoms with Gasteiger partial charge in [-0.25, -0.2) is 9.97 Å². The number of rotatable bonds is 6. The second-order valence-electron chi connectivity index (χ2n) is 7.83. The number of alkyl halides is 3. The lowest BCUT2D eigenvalue weighted by atomic mass is 9.98. The van der Waals surface area contributed by atoms with Crippen LogP contribution in [0.3, 0.4) is 0 Å². The third-order valence-electron chi connectivity index (χ3n) is 5.35. The monoisotopic (exact) mass is 493 g/mol. The molecule has 3 heterocycles. The summed E-state index contributed by atoms with van der Waals surface area (Å²) in [5.41, 5.74) is 3.36. The Bertz CT molecular complexity index is 1470. The normalized spacial score (nSPS) is 12.5. The van der Waals surface area contributed by atoms with E-state index in [1.807, 2.05) is 47.8 Å². The van der Waals surface area contributed by atoms with Gasteiger partial charge in [-0.05, 0) is 35.4 Å². The van der Waals surface area contributed by atoms with Gasteiger partial charge in [-0.1, -0.05) is 36.4 Å². The lowest BCUT2D eigenvalue weighted by Gasteiger charge is -2.20. The van der Waals surface area contributed by atoms with E-state index in [9.17, 15) is 18.0 Å². The fourth-order valence-corrected chi connectivity index (χ4v) is 4.54. The van der Waals surface area contributed by atoms with Crippen LogP contribution in [0.1, 0.15) is 28.7 Å². The summed E-state index contributed by atoms with van der Waals surface area (Å²) in [6.45, 7) is 0. The van der Waals surface area contributed by atoms with E-state index in [0.717, 1.165) is 16.1 Å². The molecule has 5 rings (SSSR count). The van der Waals surface area contributed by atoms with Gasteiger partial charge in [0.25, 0.3) is 0 Å². The number of aromatic nitrogens is 4. The van der Waals surface area contributed by atoms with E-state index in [2.05, 4.69) is 25.3 Å². The van der Waals surface area contributed by atoms with Crippen LogP contribution in [-0.4, -0.2) is 25.8 Å². The molecule has 0 saturated heterocycles. The minimum atomic E-state index is -4.57. The van der Waals surface area contributed by atoms with Crippen LogP contribution in [0.25, 0.3) is 21.6 Å².